The van der Waals surface area contributed by atoms with Crippen LogP contribution >= 0.6 is 0 Å². The molecule has 0 unspecified atom stereocenters. The van der Waals surface area contributed by atoms with Crippen LogP contribution in [0.1, 0.15) is 12.0 Å². The number of rotatable bonds is 10. The molecule has 1 amide bonds. The third kappa shape index (κ3) is 6.93. The average molecular weight is 392 g/mol. The fourth-order valence-corrected chi connectivity index (χ4v) is 2.75. The zero-order chi connectivity index (χ0) is 20.3. The second kappa shape index (κ2) is 10.8. The van der Waals surface area contributed by atoms with Gasteiger partial charge in [0.1, 0.15) is 12.4 Å². The molecule has 0 aliphatic rings. The van der Waals surface area contributed by atoms with Gasteiger partial charge >= 0.3 is 0 Å². The van der Waals surface area contributed by atoms with Crippen molar-refractivity contribution in [2.24, 2.45) is 0 Å². The Balaban J connectivity index is 1.40. The predicted molar refractivity (Wildman–Crippen MR) is 112 cm³/mol. The minimum absolute atomic E-state index is 0.115. The summed E-state index contributed by atoms with van der Waals surface area (Å²) in [6.45, 7) is 1.72. The number of benzene rings is 2. The Hall–Kier alpha value is -3.38. The Labute approximate surface area is 169 Å². The van der Waals surface area contributed by atoms with Crippen molar-refractivity contribution in [3.63, 3.8) is 0 Å². The number of nitrogens with zero attached hydrogens (tertiary/aromatic N) is 1. The van der Waals surface area contributed by atoms with Gasteiger partial charge in [0, 0.05) is 30.9 Å². The Morgan fingerprint density at radius 3 is 2.59 bits per heavy atom. The molecule has 0 saturated carbocycles. The largest absolute Gasteiger partial charge is 0.491 e. The first-order valence-corrected chi connectivity index (χ1v) is 9.50. The minimum atomic E-state index is -0.143. The van der Waals surface area contributed by atoms with E-state index in [2.05, 4.69) is 5.32 Å². The van der Waals surface area contributed by atoms with Gasteiger partial charge < -0.3 is 19.4 Å². The number of para-hydroxylation sites is 1. The van der Waals surface area contributed by atoms with Gasteiger partial charge in [-0.3, -0.25) is 9.59 Å². The van der Waals surface area contributed by atoms with Crippen LogP contribution in [-0.2, 0) is 22.7 Å². The van der Waals surface area contributed by atoms with Crippen LogP contribution in [0.15, 0.2) is 83.8 Å². The third-order valence-corrected chi connectivity index (χ3v) is 4.20. The summed E-state index contributed by atoms with van der Waals surface area (Å²) >= 11 is 0. The zero-order valence-electron chi connectivity index (χ0n) is 16.1. The number of aromatic nitrogens is 1. The molecule has 0 saturated heterocycles. The average Bonchev–Trinajstić information content (AvgIpc) is 2.74. The lowest BCUT2D eigenvalue weighted by atomic mass is 10.2. The summed E-state index contributed by atoms with van der Waals surface area (Å²) < 4.78 is 12.7. The normalized spacial score (nSPS) is 10.5. The molecule has 3 rings (SSSR count). The van der Waals surface area contributed by atoms with Crippen molar-refractivity contribution in [2.45, 2.75) is 19.6 Å². The van der Waals surface area contributed by atoms with E-state index in [-0.39, 0.29) is 17.9 Å². The molecule has 0 fully saturated rings. The lowest BCUT2D eigenvalue weighted by molar-refractivity contribution is -0.116. The highest BCUT2D eigenvalue weighted by Crippen LogP contribution is 2.12. The van der Waals surface area contributed by atoms with Crippen molar-refractivity contribution in [3.05, 3.63) is 94.9 Å². The summed E-state index contributed by atoms with van der Waals surface area (Å²) in [5, 5.41) is 2.86. The number of aryl methyl sites for hydroxylation is 1. The van der Waals surface area contributed by atoms with E-state index in [0.29, 0.717) is 32.1 Å². The molecular weight excluding hydrogens is 368 g/mol. The van der Waals surface area contributed by atoms with Crippen LogP contribution in [0.5, 0.6) is 5.75 Å². The summed E-state index contributed by atoms with van der Waals surface area (Å²) in [5.41, 5.74) is 1.55. The molecule has 1 aromatic heterocycles. The number of carbonyl (C=O) groups is 1. The van der Waals surface area contributed by atoms with E-state index in [1.807, 2.05) is 54.6 Å². The number of ether oxygens (including phenoxy) is 2. The number of hydrogen-bond donors (Lipinski definition) is 1. The van der Waals surface area contributed by atoms with Gasteiger partial charge in [-0.25, -0.2) is 0 Å². The second-order valence-corrected chi connectivity index (χ2v) is 6.44. The molecule has 6 nitrogen and oxygen atoms in total. The summed E-state index contributed by atoms with van der Waals surface area (Å²) in [7, 11) is 0. The molecule has 0 atom stereocenters. The first-order chi connectivity index (χ1) is 14.2. The number of amides is 1. The van der Waals surface area contributed by atoms with Gasteiger partial charge in [0.25, 0.3) is 5.56 Å². The third-order valence-electron chi connectivity index (χ3n) is 4.20. The van der Waals surface area contributed by atoms with Gasteiger partial charge in [-0.1, -0.05) is 36.4 Å². The Morgan fingerprint density at radius 2 is 1.76 bits per heavy atom. The summed E-state index contributed by atoms with van der Waals surface area (Å²) in [6, 6.07) is 22.0. The van der Waals surface area contributed by atoms with Crippen LogP contribution in [0.3, 0.4) is 0 Å². The van der Waals surface area contributed by atoms with E-state index in [1.54, 1.807) is 18.3 Å². The van der Waals surface area contributed by atoms with Crippen LogP contribution in [-0.4, -0.2) is 23.7 Å². The highest BCUT2D eigenvalue weighted by molar-refractivity contribution is 5.90. The summed E-state index contributed by atoms with van der Waals surface area (Å²) in [4.78, 5) is 23.8. The van der Waals surface area contributed by atoms with Gasteiger partial charge in [0.2, 0.25) is 5.91 Å². The molecule has 0 aliphatic carbocycles. The molecule has 0 radical (unpaired) electrons. The SMILES string of the molecule is O=C(CCn1ccccc1=O)Nc1cccc(COCCOc2ccccc2)c1. The summed E-state index contributed by atoms with van der Waals surface area (Å²) in [6.07, 6.45) is 1.90. The first kappa shape index (κ1) is 20.4. The van der Waals surface area contributed by atoms with Crippen LogP contribution in [0.25, 0.3) is 0 Å². The van der Waals surface area contributed by atoms with Crippen molar-refractivity contribution in [1.82, 2.24) is 4.57 Å². The Bertz CT molecular complexity index is 970. The second-order valence-electron chi connectivity index (χ2n) is 6.44. The first-order valence-electron chi connectivity index (χ1n) is 9.50. The van der Waals surface area contributed by atoms with Crippen LogP contribution in [0.4, 0.5) is 5.69 Å². The quantitative estimate of drug-likeness (QED) is 0.537. The molecule has 6 heteroatoms. The fourth-order valence-electron chi connectivity index (χ4n) is 2.75. The lowest BCUT2D eigenvalue weighted by Crippen LogP contribution is -2.21. The topological polar surface area (TPSA) is 69.6 Å². The van der Waals surface area contributed by atoms with E-state index in [9.17, 15) is 9.59 Å². The van der Waals surface area contributed by atoms with Crippen molar-refractivity contribution < 1.29 is 14.3 Å². The molecule has 0 spiro atoms. The highest BCUT2D eigenvalue weighted by atomic mass is 16.5. The minimum Gasteiger partial charge on any atom is -0.491 e. The van der Waals surface area contributed by atoms with E-state index in [4.69, 9.17) is 9.47 Å². The van der Waals surface area contributed by atoms with Gasteiger partial charge in [-0.05, 0) is 35.9 Å². The van der Waals surface area contributed by atoms with Gasteiger partial charge in [0.05, 0.1) is 13.2 Å². The number of nitrogens with one attached hydrogen (secondary N) is 1. The number of pyridine rings is 1. The van der Waals surface area contributed by atoms with Gasteiger partial charge in [-0.2, -0.15) is 0 Å². The van der Waals surface area contributed by atoms with Gasteiger partial charge in [-0.15, -0.1) is 0 Å². The number of carbonyl (C=O) groups excluding carboxylic acids is 1. The van der Waals surface area contributed by atoms with E-state index in [1.165, 1.54) is 10.6 Å². The predicted octanol–water partition coefficient (Wildman–Crippen LogP) is 3.47. The van der Waals surface area contributed by atoms with Crippen molar-refractivity contribution in [1.29, 1.82) is 0 Å². The highest BCUT2D eigenvalue weighted by Gasteiger charge is 2.05. The molecule has 29 heavy (non-hydrogen) atoms. The molecular formula is C23H24N2O4. The van der Waals surface area contributed by atoms with E-state index in [0.717, 1.165) is 11.3 Å². The maximum atomic E-state index is 12.2. The van der Waals surface area contributed by atoms with Crippen molar-refractivity contribution in [2.75, 3.05) is 18.5 Å². The number of hydrogen-bond acceptors (Lipinski definition) is 4. The maximum Gasteiger partial charge on any atom is 0.250 e. The molecule has 2 aromatic carbocycles. The molecule has 0 aliphatic heterocycles. The van der Waals surface area contributed by atoms with Crippen LogP contribution in [0, 0.1) is 0 Å². The van der Waals surface area contributed by atoms with Gasteiger partial charge in [0.15, 0.2) is 0 Å². The van der Waals surface area contributed by atoms with E-state index < -0.39 is 0 Å². The molecule has 1 N–H and O–H groups in total. The number of anilines is 1. The van der Waals surface area contributed by atoms with Crippen LogP contribution < -0.4 is 15.6 Å². The maximum absolute atomic E-state index is 12.2. The molecule has 0 bridgehead atoms. The Kier molecular flexibility index (Phi) is 7.60. The van der Waals surface area contributed by atoms with Crippen molar-refractivity contribution >= 4 is 11.6 Å². The van der Waals surface area contributed by atoms with E-state index >= 15 is 0 Å². The molecule has 150 valence electrons. The fraction of sp³-hybridized carbons (Fsp3) is 0.217. The van der Waals surface area contributed by atoms with Crippen molar-refractivity contribution in [3.8, 4) is 5.75 Å². The zero-order valence-corrected chi connectivity index (χ0v) is 16.1. The monoisotopic (exact) mass is 392 g/mol. The Morgan fingerprint density at radius 1 is 0.931 bits per heavy atom. The molecule has 1 heterocycles. The summed E-state index contributed by atoms with van der Waals surface area (Å²) in [5.74, 6) is 0.675. The smallest absolute Gasteiger partial charge is 0.250 e. The molecule has 3 aromatic rings. The van der Waals surface area contributed by atoms with Crippen LogP contribution in [0.2, 0.25) is 0 Å². The standard InChI is InChI=1S/C23H24N2O4/c26-22(12-14-25-13-5-4-11-23(25)27)24-20-8-6-7-19(17-20)18-28-15-16-29-21-9-2-1-3-10-21/h1-11,13,17H,12,14-16,18H2,(H,24,26). The lowest BCUT2D eigenvalue weighted by Gasteiger charge is -2.10.